The fourth-order valence-electron chi connectivity index (χ4n) is 2.15. The lowest BCUT2D eigenvalue weighted by Gasteiger charge is -2.17. The Morgan fingerprint density at radius 2 is 1.35 bits per heavy atom. The van der Waals surface area contributed by atoms with Crippen molar-refractivity contribution in [1.29, 1.82) is 0 Å². The summed E-state index contributed by atoms with van der Waals surface area (Å²) in [6.07, 6.45) is 0. The van der Waals surface area contributed by atoms with Crippen LogP contribution in [0.2, 0.25) is 0 Å². The van der Waals surface area contributed by atoms with Crippen molar-refractivity contribution >= 4 is 22.7 Å². The Morgan fingerprint density at radius 1 is 0.769 bits per heavy atom. The van der Waals surface area contributed by atoms with E-state index in [0.29, 0.717) is 17.2 Å². The lowest BCUT2D eigenvalue weighted by molar-refractivity contribution is -0.211. The van der Waals surface area contributed by atoms with Crippen LogP contribution < -0.4 is 30.3 Å². The monoisotopic (exact) mass is 360 g/mol. The molecule has 0 heterocycles. The van der Waals surface area contributed by atoms with E-state index in [-0.39, 0.29) is 0 Å². The average molecular weight is 360 g/mol. The number of rotatable bonds is 6. The molecule has 0 spiro atoms. The van der Waals surface area contributed by atoms with E-state index < -0.39 is 0 Å². The van der Waals surface area contributed by atoms with Gasteiger partial charge in [0.25, 0.3) is 0 Å². The molecule has 0 atom stereocenters. The van der Waals surface area contributed by atoms with Gasteiger partial charge in [0.15, 0.2) is 11.4 Å². The molecular formula is C18H28N6O2+2. The summed E-state index contributed by atoms with van der Waals surface area (Å²) in [5, 5.41) is 7.18. The maximum atomic E-state index is 5.25. The third-order valence-corrected chi connectivity index (χ3v) is 3.62. The van der Waals surface area contributed by atoms with Gasteiger partial charge < -0.3 is 19.3 Å². The predicted octanol–water partition coefficient (Wildman–Crippen LogP) is 1.21. The molecule has 26 heavy (non-hydrogen) atoms. The van der Waals surface area contributed by atoms with E-state index in [4.69, 9.17) is 20.5 Å². The standard InChI is InChI=1S/C10H15N3O2.C8H11N3/c1-13(2)8-6-9(14-3)7(12-11)5-10(8)15-4;1-11(2)8-5-3-7(10-9)4-6-8/h5-6,11H,1-4H3;3-6,9H,1-2H3/p+2. The Labute approximate surface area is 154 Å². The molecule has 0 aliphatic rings. The van der Waals surface area contributed by atoms with Crippen molar-refractivity contribution in [2.24, 2.45) is 10.2 Å². The van der Waals surface area contributed by atoms with Gasteiger partial charge in [-0.2, -0.15) is 11.1 Å². The van der Waals surface area contributed by atoms with Crippen LogP contribution in [0.5, 0.6) is 11.5 Å². The molecule has 0 amide bonds. The van der Waals surface area contributed by atoms with Crippen molar-refractivity contribution in [2.45, 2.75) is 0 Å². The Kier molecular flexibility index (Phi) is 8.01. The maximum Gasteiger partial charge on any atom is 0.175 e. The fourth-order valence-corrected chi connectivity index (χ4v) is 2.15. The first-order chi connectivity index (χ1) is 12.4. The normalized spacial score (nSPS) is 9.46. The van der Waals surface area contributed by atoms with Crippen LogP contribution in [0.15, 0.2) is 46.6 Å². The third-order valence-electron chi connectivity index (χ3n) is 3.62. The maximum absolute atomic E-state index is 5.25. The Bertz CT molecular complexity index is 729. The summed E-state index contributed by atoms with van der Waals surface area (Å²) < 4.78 is 10.4. The summed E-state index contributed by atoms with van der Waals surface area (Å²) in [7, 11) is 11.0. The minimum absolute atomic E-state index is 0.569. The van der Waals surface area contributed by atoms with E-state index in [9.17, 15) is 0 Å². The van der Waals surface area contributed by atoms with Crippen LogP contribution >= 0.6 is 0 Å². The Hall–Kier alpha value is -3.16. The van der Waals surface area contributed by atoms with Gasteiger partial charge in [-0.05, 0) is 34.5 Å². The van der Waals surface area contributed by atoms with Gasteiger partial charge >= 0.3 is 0 Å². The van der Waals surface area contributed by atoms with Crippen molar-refractivity contribution < 1.29 is 20.5 Å². The van der Waals surface area contributed by atoms with Gasteiger partial charge in [-0.25, -0.2) is 0 Å². The minimum atomic E-state index is 0.569. The van der Waals surface area contributed by atoms with E-state index in [1.54, 1.807) is 20.3 Å². The van der Waals surface area contributed by atoms with Gasteiger partial charge in [-0.1, -0.05) is 0 Å². The van der Waals surface area contributed by atoms with Gasteiger partial charge in [-0.15, -0.1) is 0 Å². The van der Waals surface area contributed by atoms with Gasteiger partial charge in [0, 0.05) is 46.0 Å². The molecule has 2 aromatic carbocycles. The number of nitrogens with zero attached hydrogens (tertiary/aromatic N) is 4. The SMILES string of the molecule is CN(C)c1ccc(N=[NH2+])cc1.COc1cc(N(C)C)c(OC)cc1N=[NH2+]. The number of methoxy groups -OCH3 is 2. The highest BCUT2D eigenvalue weighted by Gasteiger charge is 2.13. The van der Waals surface area contributed by atoms with E-state index in [2.05, 4.69) is 10.2 Å². The summed E-state index contributed by atoms with van der Waals surface area (Å²) in [4.78, 5) is 3.96. The first kappa shape index (κ1) is 20.9. The van der Waals surface area contributed by atoms with Crippen molar-refractivity contribution in [3.05, 3.63) is 36.4 Å². The van der Waals surface area contributed by atoms with Crippen LogP contribution in [0.25, 0.3) is 0 Å². The number of hydrogen-bond donors (Lipinski definition) is 2. The highest BCUT2D eigenvalue weighted by Crippen LogP contribution is 2.38. The second-order valence-electron chi connectivity index (χ2n) is 5.76. The van der Waals surface area contributed by atoms with Gasteiger partial charge in [0.1, 0.15) is 11.4 Å². The number of benzene rings is 2. The smallest absolute Gasteiger partial charge is 0.175 e. The van der Waals surface area contributed by atoms with Gasteiger partial charge in [0.2, 0.25) is 0 Å². The molecule has 8 heteroatoms. The van der Waals surface area contributed by atoms with Crippen LogP contribution in [0.4, 0.5) is 22.7 Å². The lowest BCUT2D eigenvalue weighted by Crippen LogP contribution is -2.22. The van der Waals surface area contributed by atoms with Crippen LogP contribution in [0, 0.1) is 0 Å². The van der Waals surface area contributed by atoms with Crippen molar-refractivity contribution in [1.82, 2.24) is 0 Å². The summed E-state index contributed by atoms with van der Waals surface area (Å²) in [5.41, 5.74) is 13.8. The summed E-state index contributed by atoms with van der Waals surface area (Å²) >= 11 is 0. The molecule has 0 unspecified atom stereocenters. The molecule has 0 saturated heterocycles. The molecular weight excluding hydrogens is 332 g/mol. The molecule has 0 aromatic heterocycles. The molecule has 0 radical (unpaired) electrons. The summed E-state index contributed by atoms with van der Waals surface area (Å²) in [5.74, 6) is 1.34. The fraction of sp³-hybridized carbons (Fsp3) is 0.333. The molecule has 0 aliphatic carbocycles. The minimum Gasteiger partial charge on any atom is -0.494 e. The Morgan fingerprint density at radius 3 is 1.73 bits per heavy atom. The first-order valence-corrected chi connectivity index (χ1v) is 7.90. The van der Waals surface area contributed by atoms with Crippen LogP contribution in [-0.4, -0.2) is 42.4 Å². The van der Waals surface area contributed by atoms with Crippen molar-refractivity contribution in [3.63, 3.8) is 0 Å². The molecule has 4 N–H and O–H groups in total. The zero-order valence-electron chi connectivity index (χ0n) is 16.2. The summed E-state index contributed by atoms with van der Waals surface area (Å²) in [6.45, 7) is 0. The highest BCUT2D eigenvalue weighted by atomic mass is 16.5. The van der Waals surface area contributed by atoms with E-state index in [0.717, 1.165) is 17.1 Å². The van der Waals surface area contributed by atoms with Gasteiger partial charge in [0.05, 0.1) is 19.9 Å². The first-order valence-electron chi connectivity index (χ1n) is 7.90. The highest BCUT2D eigenvalue weighted by molar-refractivity contribution is 5.69. The second kappa shape index (κ2) is 9.97. The van der Waals surface area contributed by atoms with Crippen LogP contribution in [0.1, 0.15) is 0 Å². The molecule has 8 nitrogen and oxygen atoms in total. The lowest BCUT2D eigenvalue weighted by atomic mass is 10.2. The number of ether oxygens (including phenoxy) is 2. The van der Waals surface area contributed by atoms with E-state index in [1.807, 2.05) is 68.3 Å². The third kappa shape index (κ3) is 5.44. The largest absolute Gasteiger partial charge is 0.494 e. The van der Waals surface area contributed by atoms with Crippen LogP contribution in [-0.2, 0) is 0 Å². The van der Waals surface area contributed by atoms with E-state index >= 15 is 0 Å². The zero-order chi connectivity index (χ0) is 19.7. The molecule has 0 bridgehead atoms. The molecule has 0 aliphatic heterocycles. The quantitative estimate of drug-likeness (QED) is 0.756. The van der Waals surface area contributed by atoms with Crippen molar-refractivity contribution in [2.75, 3.05) is 52.2 Å². The zero-order valence-corrected chi connectivity index (χ0v) is 16.2. The number of anilines is 2. The molecule has 140 valence electrons. The second-order valence-corrected chi connectivity index (χ2v) is 5.76. The number of hydrogen-bond acceptors (Lipinski definition) is 6. The molecule has 2 rings (SSSR count). The molecule has 0 saturated carbocycles. The number of nitrogens with two attached hydrogens (primary N) is 2. The average Bonchev–Trinajstić information content (AvgIpc) is 2.67. The molecule has 2 aromatic rings. The topological polar surface area (TPSA) is 101 Å². The van der Waals surface area contributed by atoms with E-state index in [1.165, 1.54) is 0 Å². The summed E-state index contributed by atoms with van der Waals surface area (Å²) in [6, 6.07) is 11.3. The van der Waals surface area contributed by atoms with Gasteiger partial charge in [-0.3, -0.25) is 0 Å². The predicted molar refractivity (Wildman–Crippen MR) is 103 cm³/mol. The Balaban J connectivity index is 0.000000273. The van der Waals surface area contributed by atoms with Crippen molar-refractivity contribution in [3.8, 4) is 11.5 Å². The molecule has 0 fully saturated rings. The van der Waals surface area contributed by atoms with Crippen LogP contribution in [0.3, 0.4) is 0 Å².